The van der Waals surface area contributed by atoms with Crippen LogP contribution >= 0.6 is 11.6 Å². The van der Waals surface area contributed by atoms with E-state index in [0.717, 1.165) is 19.2 Å². The second kappa shape index (κ2) is 7.71. The van der Waals surface area contributed by atoms with Crippen LogP contribution in [-0.4, -0.2) is 27.5 Å². The largest absolute Gasteiger partial charge is 0.468 e. The van der Waals surface area contributed by atoms with Gasteiger partial charge in [-0.25, -0.2) is 8.42 Å². The van der Waals surface area contributed by atoms with Gasteiger partial charge in [-0.15, -0.1) is 0 Å². The molecule has 24 heavy (non-hydrogen) atoms. The highest BCUT2D eigenvalue weighted by Gasteiger charge is 2.39. The molecule has 0 radical (unpaired) electrons. The summed E-state index contributed by atoms with van der Waals surface area (Å²) in [5.74, 6) is -1.36. The molecule has 2 atom stereocenters. The molecule has 0 aliphatic carbocycles. The first-order valence-electron chi connectivity index (χ1n) is 6.91. The number of benzene rings is 1. The smallest absolute Gasteiger partial charge is 0.417 e. The van der Waals surface area contributed by atoms with E-state index < -0.39 is 44.6 Å². The molecule has 0 saturated heterocycles. The number of methoxy groups -OCH3 is 1. The number of carbonyl (C=O) groups is 1. The van der Waals surface area contributed by atoms with Gasteiger partial charge in [0.15, 0.2) is 0 Å². The molecular formula is C14H17ClF3NO4S. The Morgan fingerprint density at radius 2 is 1.96 bits per heavy atom. The van der Waals surface area contributed by atoms with E-state index in [9.17, 15) is 26.4 Å². The van der Waals surface area contributed by atoms with Crippen LogP contribution in [0.25, 0.3) is 0 Å². The van der Waals surface area contributed by atoms with Crippen molar-refractivity contribution < 1.29 is 31.1 Å². The maximum absolute atomic E-state index is 13.1. The number of nitrogens with one attached hydrogen (secondary N) is 1. The summed E-state index contributed by atoms with van der Waals surface area (Å²) in [5, 5.41) is -0.257. The minimum Gasteiger partial charge on any atom is -0.468 e. The Hall–Kier alpha value is -1.32. The molecule has 0 amide bonds. The van der Waals surface area contributed by atoms with Crippen molar-refractivity contribution >= 4 is 27.6 Å². The Morgan fingerprint density at radius 3 is 2.42 bits per heavy atom. The summed E-state index contributed by atoms with van der Waals surface area (Å²) in [6, 6.07) is 0.994. The van der Waals surface area contributed by atoms with Crippen molar-refractivity contribution in [2.45, 2.75) is 37.4 Å². The normalized spacial score (nSPS) is 15.0. The van der Waals surface area contributed by atoms with Gasteiger partial charge in [-0.2, -0.15) is 17.9 Å². The molecule has 136 valence electrons. The van der Waals surface area contributed by atoms with E-state index in [1.807, 2.05) is 4.72 Å². The fraction of sp³-hybridized carbons (Fsp3) is 0.500. The fourth-order valence-electron chi connectivity index (χ4n) is 1.95. The summed E-state index contributed by atoms with van der Waals surface area (Å²) in [6.45, 7) is 3.29. The zero-order chi connectivity index (χ0) is 18.7. The average Bonchev–Trinajstić information content (AvgIpc) is 2.50. The number of sulfonamides is 1. The first kappa shape index (κ1) is 20.7. The number of halogens is 4. The van der Waals surface area contributed by atoms with Gasteiger partial charge in [0.05, 0.1) is 17.6 Å². The van der Waals surface area contributed by atoms with Crippen LogP contribution in [0.2, 0.25) is 5.02 Å². The van der Waals surface area contributed by atoms with Gasteiger partial charge in [0, 0.05) is 5.02 Å². The molecule has 1 aromatic rings. The first-order valence-corrected chi connectivity index (χ1v) is 8.77. The molecule has 1 N–H and O–H groups in total. The van der Waals surface area contributed by atoms with Gasteiger partial charge in [0.25, 0.3) is 0 Å². The summed E-state index contributed by atoms with van der Waals surface area (Å²) >= 11 is 5.54. The predicted octanol–water partition coefficient (Wildman–Crippen LogP) is 3.22. The Bertz CT molecular complexity index is 706. The van der Waals surface area contributed by atoms with Crippen LogP contribution in [0.4, 0.5) is 13.2 Å². The molecule has 0 aliphatic rings. The lowest BCUT2D eigenvalue weighted by Gasteiger charge is -2.23. The number of alkyl halides is 3. The van der Waals surface area contributed by atoms with Gasteiger partial charge < -0.3 is 4.74 Å². The minimum absolute atomic E-state index is 0.257. The van der Waals surface area contributed by atoms with Crippen molar-refractivity contribution in [3.05, 3.63) is 28.8 Å². The van der Waals surface area contributed by atoms with Crippen molar-refractivity contribution in [3.8, 4) is 0 Å². The molecule has 0 spiro atoms. The average molecular weight is 388 g/mol. The van der Waals surface area contributed by atoms with E-state index in [0.29, 0.717) is 12.5 Å². The topological polar surface area (TPSA) is 72.5 Å². The zero-order valence-electron chi connectivity index (χ0n) is 13.1. The van der Waals surface area contributed by atoms with E-state index in [1.54, 1.807) is 13.8 Å². The van der Waals surface area contributed by atoms with Crippen molar-refractivity contribution in [3.63, 3.8) is 0 Å². The highest BCUT2D eigenvalue weighted by Crippen LogP contribution is 2.36. The standard InChI is InChI=1S/C14H17ClF3NO4S/c1-4-8(2)12(13(20)23-3)19-24(21,22)11-6-5-9(15)7-10(11)14(16,17)18/h5-8,12,19H,4H2,1-3H3/t8-,12-/m0/s1. The maximum atomic E-state index is 13.1. The molecular weight excluding hydrogens is 371 g/mol. The van der Waals surface area contributed by atoms with Crippen molar-refractivity contribution in [1.29, 1.82) is 0 Å². The number of esters is 1. The van der Waals surface area contributed by atoms with Crippen molar-refractivity contribution in [2.75, 3.05) is 7.11 Å². The van der Waals surface area contributed by atoms with Crippen LogP contribution in [-0.2, 0) is 25.7 Å². The summed E-state index contributed by atoms with van der Waals surface area (Å²) in [4.78, 5) is 10.8. The lowest BCUT2D eigenvalue weighted by molar-refractivity contribution is -0.143. The van der Waals surface area contributed by atoms with E-state index >= 15 is 0 Å². The number of hydrogen-bond acceptors (Lipinski definition) is 4. The third-order valence-corrected chi connectivity index (χ3v) is 5.22. The third-order valence-electron chi connectivity index (χ3n) is 3.49. The van der Waals surface area contributed by atoms with Gasteiger partial charge in [-0.05, 0) is 24.1 Å². The van der Waals surface area contributed by atoms with E-state index in [4.69, 9.17) is 11.6 Å². The minimum atomic E-state index is -4.92. The Morgan fingerprint density at radius 1 is 1.38 bits per heavy atom. The second-order valence-electron chi connectivity index (χ2n) is 5.15. The summed E-state index contributed by atoms with van der Waals surface area (Å²) in [5.41, 5.74) is -1.41. The lowest BCUT2D eigenvalue weighted by atomic mass is 10.0. The molecule has 5 nitrogen and oxygen atoms in total. The maximum Gasteiger partial charge on any atom is 0.417 e. The summed E-state index contributed by atoms with van der Waals surface area (Å²) in [6.07, 6.45) is -4.51. The van der Waals surface area contributed by atoms with Gasteiger partial charge in [-0.3, -0.25) is 4.79 Å². The zero-order valence-corrected chi connectivity index (χ0v) is 14.7. The quantitative estimate of drug-likeness (QED) is 0.761. The van der Waals surface area contributed by atoms with E-state index in [-0.39, 0.29) is 5.02 Å². The molecule has 0 heterocycles. The number of hydrogen-bond donors (Lipinski definition) is 1. The van der Waals surface area contributed by atoms with Crippen molar-refractivity contribution in [1.82, 2.24) is 4.72 Å². The summed E-state index contributed by atoms with van der Waals surface area (Å²) < 4.78 is 70.6. The molecule has 1 rings (SSSR count). The Kier molecular flexibility index (Phi) is 6.66. The van der Waals surface area contributed by atoms with Gasteiger partial charge in [0.2, 0.25) is 10.0 Å². The number of rotatable bonds is 6. The van der Waals surface area contributed by atoms with Crippen LogP contribution < -0.4 is 4.72 Å². The fourth-order valence-corrected chi connectivity index (χ4v) is 3.62. The SMILES string of the molecule is CC[C@H](C)[C@H](NS(=O)(=O)c1ccc(Cl)cc1C(F)(F)F)C(=O)OC. The molecule has 0 fully saturated rings. The highest BCUT2D eigenvalue weighted by atomic mass is 35.5. The predicted molar refractivity (Wildman–Crippen MR) is 82.0 cm³/mol. The monoisotopic (exact) mass is 387 g/mol. The Balaban J connectivity index is 3.37. The molecule has 0 unspecified atom stereocenters. The van der Waals surface area contributed by atoms with Crippen LogP contribution in [0.5, 0.6) is 0 Å². The van der Waals surface area contributed by atoms with Gasteiger partial charge in [0.1, 0.15) is 6.04 Å². The molecule has 0 aromatic heterocycles. The van der Waals surface area contributed by atoms with Gasteiger partial charge in [-0.1, -0.05) is 31.9 Å². The van der Waals surface area contributed by atoms with Crippen LogP contribution in [0.3, 0.4) is 0 Å². The molecule has 1 aromatic carbocycles. The number of ether oxygens (including phenoxy) is 1. The van der Waals surface area contributed by atoms with Gasteiger partial charge >= 0.3 is 12.1 Å². The number of carbonyl (C=O) groups excluding carboxylic acids is 1. The molecule has 0 bridgehead atoms. The molecule has 0 saturated carbocycles. The third kappa shape index (κ3) is 4.84. The lowest BCUT2D eigenvalue weighted by Crippen LogP contribution is -2.45. The highest BCUT2D eigenvalue weighted by molar-refractivity contribution is 7.89. The first-order chi connectivity index (χ1) is 10.9. The second-order valence-corrected chi connectivity index (χ2v) is 7.26. The molecule has 0 aliphatic heterocycles. The van der Waals surface area contributed by atoms with Crippen LogP contribution in [0.15, 0.2) is 23.1 Å². The van der Waals surface area contributed by atoms with Crippen molar-refractivity contribution in [2.24, 2.45) is 5.92 Å². The van der Waals surface area contributed by atoms with E-state index in [1.165, 1.54) is 0 Å². The van der Waals surface area contributed by atoms with Crippen LogP contribution in [0, 0.1) is 5.92 Å². The Labute approximate surface area is 143 Å². The molecule has 10 heteroatoms. The van der Waals surface area contributed by atoms with E-state index in [2.05, 4.69) is 4.74 Å². The van der Waals surface area contributed by atoms with Crippen LogP contribution in [0.1, 0.15) is 25.8 Å². The summed E-state index contributed by atoms with van der Waals surface area (Å²) in [7, 11) is -3.56.